The number of fused-ring (bicyclic) bond motifs is 1. The Morgan fingerprint density at radius 3 is 2.32 bits per heavy atom. The van der Waals surface area contributed by atoms with Crippen LogP contribution in [0.5, 0.6) is 0 Å². The molecular formula is C24H28ClN3O5S. The lowest BCUT2D eigenvalue weighted by molar-refractivity contribution is -0.141. The van der Waals surface area contributed by atoms with Crippen molar-refractivity contribution in [2.45, 2.75) is 57.1 Å². The highest BCUT2D eigenvalue weighted by Gasteiger charge is 2.43. The molecule has 1 aliphatic heterocycles. The van der Waals surface area contributed by atoms with Crippen molar-refractivity contribution in [2.24, 2.45) is 0 Å². The number of carbonyl (C=O) groups excluding carboxylic acids is 3. The predicted octanol–water partition coefficient (Wildman–Crippen LogP) is 3.21. The van der Waals surface area contributed by atoms with Crippen molar-refractivity contribution in [3.05, 3.63) is 64.7 Å². The molecule has 3 amide bonds. The third-order valence-electron chi connectivity index (χ3n) is 5.88. The lowest BCUT2D eigenvalue weighted by Gasteiger charge is -2.32. The second-order valence-corrected chi connectivity index (χ2v) is 10.4. The maximum atomic E-state index is 13.5. The Kier molecular flexibility index (Phi) is 7.99. The fraction of sp³-hybridized carbons (Fsp3) is 0.375. The van der Waals surface area contributed by atoms with Crippen LogP contribution in [0.4, 0.5) is 0 Å². The topological polar surface area (TPSA) is 104 Å². The second kappa shape index (κ2) is 10.6. The average Bonchev–Trinajstić information content (AvgIpc) is 3.00. The molecule has 0 aliphatic carbocycles. The van der Waals surface area contributed by atoms with Crippen molar-refractivity contribution in [1.82, 2.24) is 14.5 Å². The van der Waals surface area contributed by atoms with Crippen LogP contribution in [0.15, 0.2) is 53.4 Å². The minimum absolute atomic E-state index is 0.0139. The van der Waals surface area contributed by atoms with Gasteiger partial charge in [0.15, 0.2) is 0 Å². The van der Waals surface area contributed by atoms with Gasteiger partial charge in [0.1, 0.15) is 17.5 Å². The third-order valence-corrected chi connectivity index (χ3v) is 8.03. The number of nitrogens with one attached hydrogen (secondary N) is 1. The minimum atomic E-state index is -4.17. The van der Waals surface area contributed by atoms with Gasteiger partial charge >= 0.3 is 0 Å². The molecule has 2 aromatic rings. The highest BCUT2D eigenvalue weighted by molar-refractivity contribution is 7.90. The minimum Gasteiger partial charge on any atom is -0.352 e. The van der Waals surface area contributed by atoms with E-state index >= 15 is 0 Å². The van der Waals surface area contributed by atoms with E-state index in [4.69, 9.17) is 11.6 Å². The predicted molar refractivity (Wildman–Crippen MR) is 129 cm³/mol. The molecule has 1 aliphatic rings. The van der Waals surface area contributed by atoms with Gasteiger partial charge in [0.2, 0.25) is 11.8 Å². The van der Waals surface area contributed by atoms with Crippen molar-refractivity contribution >= 4 is 39.3 Å². The summed E-state index contributed by atoms with van der Waals surface area (Å²) >= 11 is 6.31. The highest BCUT2D eigenvalue weighted by atomic mass is 35.5. The fourth-order valence-electron chi connectivity index (χ4n) is 3.77. The number of rotatable bonds is 9. The van der Waals surface area contributed by atoms with Gasteiger partial charge in [-0.05, 0) is 43.5 Å². The number of halogens is 1. The molecule has 0 saturated heterocycles. The summed E-state index contributed by atoms with van der Waals surface area (Å²) in [5.41, 5.74) is 0.626. The van der Waals surface area contributed by atoms with E-state index in [0.29, 0.717) is 27.7 Å². The largest absolute Gasteiger partial charge is 0.352 e. The van der Waals surface area contributed by atoms with Crippen LogP contribution < -0.4 is 5.32 Å². The number of benzene rings is 2. The molecule has 10 heteroatoms. The Labute approximate surface area is 204 Å². The monoisotopic (exact) mass is 505 g/mol. The van der Waals surface area contributed by atoms with Crippen molar-refractivity contribution in [3.63, 3.8) is 0 Å². The molecule has 1 heterocycles. The Hall–Kier alpha value is -2.91. The van der Waals surface area contributed by atoms with Crippen LogP contribution in [0.1, 0.15) is 49.5 Å². The van der Waals surface area contributed by atoms with E-state index in [0.717, 1.165) is 0 Å². The summed E-state index contributed by atoms with van der Waals surface area (Å²) in [5.74, 6) is -1.79. The van der Waals surface area contributed by atoms with Crippen LogP contribution in [0, 0.1) is 0 Å². The summed E-state index contributed by atoms with van der Waals surface area (Å²) in [6.45, 7) is 4.83. The zero-order chi connectivity index (χ0) is 25.0. The van der Waals surface area contributed by atoms with Crippen molar-refractivity contribution in [1.29, 1.82) is 0 Å². The average molecular weight is 506 g/mol. The first-order valence-electron chi connectivity index (χ1n) is 11.1. The summed E-state index contributed by atoms with van der Waals surface area (Å²) in [6.07, 6.45) is 0.999. The molecule has 2 aromatic carbocycles. The summed E-state index contributed by atoms with van der Waals surface area (Å²) in [4.78, 5) is 40.5. The number of sulfonamides is 1. The maximum Gasteiger partial charge on any atom is 0.269 e. The molecule has 0 fully saturated rings. The fourth-order valence-corrected chi connectivity index (χ4v) is 5.49. The first kappa shape index (κ1) is 25.7. The summed E-state index contributed by atoms with van der Waals surface area (Å²) in [6, 6.07) is 11.8. The molecule has 3 rings (SSSR count). The number of amides is 3. The maximum absolute atomic E-state index is 13.5. The van der Waals surface area contributed by atoms with Gasteiger partial charge in [0.05, 0.1) is 5.56 Å². The van der Waals surface area contributed by atoms with Crippen LogP contribution in [-0.2, 0) is 26.2 Å². The normalized spacial score (nSPS) is 16.0. The lowest BCUT2D eigenvalue weighted by atomic mass is 10.1. The Morgan fingerprint density at radius 2 is 1.71 bits per heavy atom. The number of hydrogen-bond donors (Lipinski definition) is 1. The Bertz CT molecular complexity index is 1200. The van der Waals surface area contributed by atoms with Gasteiger partial charge in [-0.2, -0.15) is 0 Å². The van der Waals surface area contributed by atoms with Crippen LogP contribution >= 0.6 is 11.6 Å². The first-order chi connectivity index (χ1) is 16.1. The van der Waals surface area contributed by atoms with Crippen LogP contribution in [-0.4, -0.2) is 54.0 Å². The van der Waals surface area contributed by atoms with Gasteiger partial charge in [-0.3, -0.25) is 14.4 Å². The van der Waals surface area contributed by atoms with E-state index in [-0.39, 0.29) is 29.0 Å². The van der Waals surface area contributed by atoms with Gasteiger partial charge in [-0.25, -0.2) is 12.7 Å². The van der Waals surface area contributed by atoms with Crippen molar-refractivity contribution in [3.8, 4) is 0 Å². The SMILES string of the molecule is CC[C@H](C)NC(=O)[C@H](CC)N(Cc1ccccc1Cl)C(=O)CN1C(=O)c2ccccc2S1(=O)=O. The molecular weight excluding hydrogens is 478 g/mol. The lowest BCUT2D eigenvalue weighted by Crippen LogP contribution is -2.53. The van der Waals surface area contributed by atoms with E-state index in [2.05, 4.69) is 5.32 Å². The van der Waals surface area contributed by atoms with E-state index in [9.17, 15) is 22.8 Å². The molecule has 2 atom stereocenters. The van der Waals surface area contributed by atoms with Crippen LogP contribution in [0.2, 0.25) is 5.02 Å². The van der Waals surface area contributed by atoms with E-state index in [1.807, 2.05) is 13.8 Å². The van der Waals surface area contributed by atoms with E-state index in [1.165, 1.54) is 23.1 Å². The quantitative estimate of drug-likeness (QED) is 0.563. The van der Waals surface area contributed by atoms with Crippen molar-refractivity contribution < 1.29 is 22.8 Å². The van der Waals surface area contributed by atoms with Gasteiger partial charge in [0, 0.05) is 17.6 Å². The number of carbonyl (C=O) groups is 3. The molecule has 182 valence electrons. The number of hydrogen-bond acceptors (Lipinski definition) is 5. The summed E-state index contributed by atoms with van der Waals surface area (Å²) in [7, 11) is -4.17. The summed E-state index contributed by atoms with van der Waals surface area (Å²) in [5, 5.41) is 3.30. The molecule has 0 radical (unpaired) electrons. The second-order valence-electron chi connectivity index (χ2n) is 8.17. The summed E-state index contributed by atoms with van der Waals surface area (Å²) < 4.78 is 26.5. The van der Waals surface area contributed by atoms with Gasteiger partial charge < -0.3 is 10.2 Å². The van der Waals surface area contributed by atoms with Gasteiger partial charge in [0.25, 0.3) is 15.9 Å². The van der Waals surface area contributed by atoms with Gasteiger partial charge in [-0.1, -0.05) is 55.8 Å². The first-order valence-corrected chi connectivity index (χ1v) is 12.9. The molecule has 0 saturated carbocycles. The Balaban J connectivity index is 1.94. The Morgan fingerprint density at radius 1 is 1.06 bits per heavy atom. The molecule has 0 spiro atoms. The third kappa shape index (κ3) is 5.10. The zero-order valence-electron chi connectivity index (χ0n) is 19.3. The number of nitrogens with zero attached hydrogens (tertiary/aromatic N) is 2. The molecule has 0 aromatic heterocycles. The van der Waals surface area contributed by atoms with Crippen molar-refractivity contribution in [2.75, 3.05) is 6.54 Å². The smallest absolute Gasteiger partial charge is 0.269 e. The van der Waals surface area contributed by atoms with E-state index < -0.39 is 34.4 Å². The van der Waals surface area contributed by atoms with Gasteiger partial charge in [-0.15, -0.1) is 0 Å². The van der Waals surface area contributed by atoms with E-state index in [1.54, 1.807) is 37.3 Å². The van der Waals surface area contributed by atoms with Crippen LogP contribution in [0.3, 0.4) is 0 Å². The van der Waals surface area contributed by atoms with Crippen LogP contribution in [0.25, 0.3) is 0 Å². The standard InChI is InChI=1S/C24H28ClN3O5S/c1-4-16(3)26-23(30)20(5-2)27(14-17-10-6-8-12-19(17)25)22(29)15-28-24(31)18-11-7-9-13-21(18)34(28,32)33/h6-13,16,20H,4-5,14-15H2,1-3H3,(H,26,30)/t16-,20-/m0/s1. The highest BCUT2D eigenvalue weighted by Crippen LogP contribution is 2.30. The molecule has 0 unspecified atom stereocenters. The molecule has 1 N–H and O–H groups in total. The zero-order valence-corrected chi connectivity index (χ0v) is 20.9. The molecule has 34 heavy (non-hydrogen) atoms. The molecule has 0 bridgehead atoms. The molecule has 8 nitrogen and oxygen atoms in total.